The largest absolute Gasteiger partial charge is 0.355 e. The van der Waals surface area contributed by atoms with Crippen molar-refractivity contribution < 1.29 is 4.92 Å². The molecule has 0 unspecified atom stereocenters. The number of nitro benzene ring substituents is 1. The summed E-state index contributed by atoms with van der Waals surface area (Å²) in [7, 11) is 0. The van der Waals surface area contributed by atoms with Gasteiger partial charge in [-0.15, -0.1) is 0 Å². The molecule has 9 heteroatoms. The molecule has 142 valence electrons. The Morgan fingerprint density at radius 1 is 1.14 bits per heavy atom. The Labute approximate surface area is 161 Å². The van der Waals surface area contributed by atoms with Crippen molar-refractivity contribution in [2.24, 2.45) is 0 Å². The van der Waals surface area contributed by atoms with Crippen molar-refractivity contribution in [3.05, 3.63) is 51.7 Å². The number of rotatable bonds is 3. The van der Waals surface area contributed by atoms with E-state index in [1.807, 2.05) is 19.1 Å². The molecular weight excluding hydrogens is 358 g/mol. The molecule has 2 aromatic heterocycles. The van der Waals surface area contributed by atoms with Crippen molar-refractivity contribution >= 4 is 28.5 Å². The van der Waals surface area contributed by atoms with Gasteiger partial charge in [0, 0.05) is 38.3 Å². The molecule has 3 aromatic rings. The average Bonchev–Trinajstić information content (AvgIpc) is 2.96. The van der Waals surface area contributed by atoms with Crippen molar-refractivity contribution in [3.63, 3.8) is 0 Å². The quantitative estimate of drug-likeness (QED) is 0.551. The number of benzene rings is 1. The summed E-state index contributed by atoms with van der Waals surface area (Å²) in [6.45, 7) is 5.06. The Morgan fingerprint density at radius 2 is 1.93 bits per heavy atom. The first-order chi connectivity index (χ1) is 13.5. The maximum atomic E-state index is 11.0. The first kappa shape index (κ1) is 17.7. The minimum absolute atomic E-state index is 0.0481. The fourth-order valence-corrected chi connectivity index (χ4v) is 3.45. The van der Waals surface area contributed by atoms with Crippen molar-refractivity contribution in [2.75, 3.05) is 36.0 Å². The topological polar surface area (TPSA) is 115 Å². The first-order valence-corrected chi connectivity index (χ1v) is 9.07. The van der Waals surface area contributed by atoms with Gasteiger partial charge in [-0.25, -0.2) is 9.97 Å². The van der Waals surface area contributed by atoms with Gasteiger partial charge in [-0.2, -0.15) is 5.26 Å². The zero-order chi connectivity index (χ0) is 19.7. The fourth-order valence-electron chi connectivity index (χ4n) is 3.45. The number of hydrogen-bond acceptors (Lipinski definition) is 7. The molecule has 0 radical (unpaired) electrons. The maximum Gasteiger partial charge on any atom is 0.271 e. The molecule has 0 amide bonds. The van der Waals surface area contributed by atoms with E-state index in [4.69, 9.17) is 5.26 Å². The molecule has 0 spiro atoms. The highest BCUT2D eigenvalue weighted by molar-refractivity contribution is 5.80. The lowest BCUT2D eigenvalue weighted by atomic mass is 10.2. The zero-order valence-corrected chi connectivity index (χ0v) is 15.4. The highest BCUT2D eigenvalue weighted by Gasteiger charge is 2.19. The van der Waals surface area contributed by atoms with Crippen LogP contribution in [0.1, 0.15) is 17.7 Å². The number of fused-ring (bicyclic) bond motifs is 1. The number of H-pyrrole nitrogens is 1. The predicted molar refractivity (Wildman–Crippen MR) is 105 cm³/mol. The predicted octanol–water partition coefficient (Wildman–Crippen LogP) is 2.76. The van der Waals surface area contributed by atoms with Crippen LogP contribution < -0.4 is 9.80 Å². The number of aromatic nitrogens is 3. The Balaban J connectivity index is 1.52. The molecule has 1 N–H and O–H groups in total. The van der Waals surface area contributed by atoms with E-state index in [0.717, 1.165) is 50.1 Å². The third kappa shape index (κ3) is 3.32. The Kier molecular flexibility index (Phi) is 4.53. The minimum atomic E-state index is -0.406. The van der Waals surface area contributed by atoms with Crippen molar-refractivity contribution in [1.82, 2.24) is 15.0 Å². The standard InChI is InChI=1S/C19H19N7O2/c1-13-14(12-20)3-6-18(21-13)24-7-2-8-25(10-9-24)19-22-16-5-4-15(26(27)28)11-17(16)23-19/h3-6,11H,2,7-10H2,1H3,(H,22,23). The van der Waals surface area contributed by atoms with Crippen LogP contribution >= 0.6 is 0 Å². The molecule has 0 atom stereocenters. The van der Waals surface area contributed by atoms with Gasteiger partial charge in [0.05, 0.1) is 27.2 Å². The molecule has 0 bridgehead atoms. The normalized spacial score (nSPS) is 14.7. The van der Waals surface area contributed by atoms with E-state index < -0.39 is 4.92 Å². The van der Waals surface area contributed by atoms with Crippen LogP contribution in [0.25, 0.3) is 11.0 Å². The van der Waals surface area contributed by atoms with E-state index in [9.17, 15) is 10.1 Å². The van der Waals surface area contributed by atoms with Crippen LogP contribution in [0.15, 0.2) is 30.3 Å². The molecule has 1 aliphatic rings. The summed E-state index contributed by atoms with van der Waals surface area (Å²) in [4.78, 5) is 27.3. The Bertz CT molecular complexity index is 1090. The molecule has 1 aliphatic heterocycles. The van der Waals surface area contributed by atoms with Gasteiger partial charge in [0.2, 0.25) is 5.95 Å². The number of nitrogens with one attached hydrogen (secondary N) is 1. The van der Waals surface area contributed by atoms with Gasteiger partial charge < -0.3 is 14.8 Å². The highest BCUT2D eigenvalue weighted by atomic mass is 16.6. The summed E-state index contributed by atoms with van der Waals surface area (Å²) in [5.74, 6) is 1.60. The zero-order valence-electron chi connectivity index (χ0n) is 15.4. The van der Waals surface area contributed by atoms with Crippen LogP contribution in [-0.2, 0) is 0 Å². The second kappa shape index (κ2) is 7.15. The molecule has 4 rings (SSSR count). The Hall–Kier alpha value is -3.67. The second-order valence-electron chi connectivity index (χ2n) is 6.76. The molecule has 9 nitrogen and oxygen atoms in total. The second-order valence-corrected chi connectivity index (χ2v) is 6.76. The molecular formula is C19H19N7O2. The van der Waals surface area contributed by atoms with Crippen LogP contribution in [0, 0.1) is 28.4 Å². The fraction of sp³-hybridized carbons (Fsp3) is 0.316. The molecule has 0 saturated carbocycles. The summed E-state index contributed by atoms with van der Waals surface area (Å²) in [6.07, 6.45) is 0.928. The lowest BCUT2D eigenvalue weighted by molar-refractivity contribution is -0.384. The van der Waals surface area contributed by atoms with E-state index in [0.29, 0.717) is 16.6 Å². The van der Waals surface area contributed by atoms with Crippen LogP contribution in [-0.4, -0.2) is 46.1 Å². The summed E-state index contributed by atoms with van der Waals surface area (Å²) < 4.78 is 0. The summed E-state index contributed by atoms with van der Waals surface area (Å²) in [5.41, 5.74) is 2.75. The minimum Gasteiger partial charge on any atom is -0.355 e. The van der Waals surface area contributed by atoms with Crippen LogP contribution in [0.2, 0.25) is 0 Å². The van der Waals surface area contributed by atoms with Crippen LogP contribution in [0.4, 0.5) is 17.5 Å². The van der Waals surface area contributed by atoms with E-state index in [1.165, 1.54) is 12.1 Å². The highest BCUT2D eigenvalue weighted by Crippen LogP contribution is 2.24. The molecule has 28 heavy (non-hydrogen) atoms. The van der Waals surface area contributed by atoms with Gasteiger partial charge in [-0.05, 0) is 31.5 Å². The average molecular weight is 377 g/mol. The number of aryl methyl sites for hydroxylation is 1. The van der Waals surface area contributed by atoms with Gasteiger partial charge in [0.25, 0.3) is 5.69 Å². The third-order valence-corrected chi connectivity index (χ3v) is 4.97. The van der Waals surface area contributed by atoms with Crippen LogP contribution in [0.3, 0.4) is 0 Å². The van der Waals surface area contributed by atoms with Gasteiger partial charge in [0.1, 0.15) is 11.9 Å². The number of pyridine rings is 1. The SMILES string of the molecule is Cc1nc(N2CCCN(c3nc4ccc([N+](=O)[O-])cc4[nH]3)CC2)ccc1C#N. The number of imidazole rings is 1. The molecule has 3 heterocycles. The van der Waals surface area contributed by atoms with Crippen molar-refractivity contribution in [2.45, 2.75) is 13.3 Å². The van der Waals surface area contributed by atoms with Gasteiger partial charge >= 0.3 is 0 Å². The van der Waals surface area contributed by atoms with E-state index in [2.05, 4.69) is 30.8 Å². The summed E-state index contributed by atoms with van der Waals surface area (Å²) in [5, 5.41) is 20.0. The van der Waals surface area contributed by atoms with E-state index in [1.54, 1.807) is 6.07 Å². The molecule has 0 aliphatic carbocycles. The smallest absolute Gasteiger partial charge is 0.271 e. The number of aromatic amines is 1. The van der Waals surface area contributed by atoms with Crippen molar-refractivity contribution in [3.8, 4) is 6.07 Å². The van der Waals surface area contributed by atoms with Gasteiger partial charge in [0.15, 0.2) is 0 Å². The van der Waals surface area contributed by atoms with Crippen molar-refractivity contribution in [1.29, 1.82) is 5.26 Å². The number of nitrogens with zero attached hydrogens (tertiary/aromatic N) is 6. The Morgan fingerprint density at radius 3 is 2.68 bits per heavy atom. The third-order valence-electron chi connectivity index (χ3n) is 4.97. The monoisotopic (exact) mass is 377 g/mol. The number of anilines is 2. The number of non-ortho nitro benzene ring substituents is 1. The molecule has 1 saturated heterocycles. The van der Waals surface area contributed by atoms with E-state index in [-0.39, 0.29) is 5.69 Å². The number of hydrogen-bond donors (Lipinski definition) is 1. The summed E-state index contributed by atoms with van der Waals surface area (Å²) >= 11 is 0. The first-order valence-electron chi connectivity index (χ1n) is 9.07. The lowest BCUT2D eigenvalue weighted by Gasteiger charge is -2.23. The van der Waals surface area contributed by atoms with Gasteiger partial charge in [-0.1, -0.05) is 0 Å². The number of nitro groups is 1. The lowest BCUT2D eigenvalue weighted by Crippen LogP contribution is -2.31. The van der Waals surface area contributed by atoms with Gasteiger partial charge in [-0.3, -0.25) is 10.1 Å². The van der Waals surface area contributed by atoms with Crippen LogP contribution in [0.5, 0.6) is 0 Å². The van der Waals surface area contributed by atoms with E-state index >= 15 is 0 Å². The maximum absolute atomic E-state index is 11.0. The molecule has 1 aromatic carbocycles. The number of nitriles is 1. The summed E-state index contributed by atoms with van der Waals surface area (Å²) in [6, 6.07) is 10.5. The molecule has 1 fully saturated rings.